The van der Waals surface area contributed by atoms with E-state index in [0.29, 0.717) is 29.3 Å². The van der Waals surface area contributed by atoms with Crippen LogP contribution in [0.5, 0.6) is 5.75 Å². The van der Waals surface area contributed by atoms with Crippen molar-refractivity contribution in [3.8, 4) is 11.8 Å². The fourth-order valence-electron chi connectivity index (χ4n) is 2.42. The lowest BCUT2D eigenvalue weighted by Gasteiger charge is -2.28. The summed E-state index contributed by atoms with van der Waals surface area (Å²) in [5.41, 5.74) is -0.106. The van der Waals surface area contributed by atoms with Gasteiger partial charge in [0.05, 0.1) is 17.4 Å². The second-order valence-corrected chi connectivity index (χ2v) is 6.64. The minimum absolute atomic E-state index is 0.0693. The van der Waals surface area contributed by atoms with Crippen molar-refractivity contribution in [2.45, 2.75) is 59.2 Å². The van der Waals surface area contributed by atoms with Gasteiger partial charge in [0.25, 0.3) is 5.91 Å². The molecule has 0 aliphatic rings. The molecule has 24 heavy (non-hydrogen) atoms. The average molecular weight is 332 g/mol. The molecule has 132 valence electrons. The Morgan fingerprint density at radius 1 is 1.38 bits per heavy atom. The zero-order chi connectivity index (χ0) is 18.3. The van der Waals surface area contributed by atoms with Gasteiger partial charge in [-0.05, 0) is 44.7 Å². The molecule has 1 rings (SSSR count). The minimum atomic E-state index is -0.938. The van der Waals surface area contributed by atoms with E-state index in [2.05, 4.69) is 11.4 Å². The maximum absolute atomic E-state index is 12.6. The molecule has 0 spiro atoms. The monoisotopic (exact) mass is 332 g/mol. The molecule has 1 amide bonds. The third-order valence-corrected chi connectivity index (χ3v) is 4.00. The summed E-state index contributed by atoms with van der Waals surface area (Å²) in [6.45, 7) is 9.83. The van der Waals surface area contributed by atoms with Gasteiger partial charge in [-0.25, -0.2) is 0 Å². The van der Waals surface area contributed by atoms with Crippen molar-refractivity contribution in [3.63, 3.8) is 0 Å². The Hall–Kier alpha value is -2.06. The van der Waals surface area contributed by atoms with E-state index in [1.165, 1.54) is 7.11 Å². The first-order valence-electron chi connectivity index (χ1n) is 8.33. The van der Waals surface area contributed by atoms with Gasteiger partial charge in [0.1, 0.15) is 17.4 Å². The highest BCUT2D eigenvalue weighted by Gasteiger charge is 2.34. The molecular weight excluding hydrogens is 304 g/mol. The van der Waals surface area contributed by atoms with Crippen LogP contribution in [0.2, 0.25) is 0 Å². The topological polar surface area (TPSA) is 71.3 Å². The van der Waals surface area contributed by atoms with Gasteiger partial charge in [0, 0.05) is 13.2 Å². The molecule has 0 aliphatic heterocycles. The number of nitrogens with zero attached hydrogens (tertiary/aromatic N) is 1. The van der Waals surface area contributed by atoms with Crippen LogP contribution in [-0.4, -0.2) is 24.7 Å². The maximum atomic E-state index is 12.6. The number of carbonyl (C=O) groups is 1. The van der Waals surface area contributed by atoms with Crippen LogP contribution in [-0.2, 0) is 9.53 Å². The first-order chi connectivity index (χ1) is 11.3. The number of nitriles is 1. The molecule has 0 radical (unpaired) electrons. The van der Waals surface area contributed by atoms with Crippen LogP contribution in [0.1, 0.15) is 53.0 Å². The SMILES string of the molecule is CC[C@@H](C)Oc1ccc(NC(=O)[C@@](C)(CC(C)C)OC)c(C#N)c1. The van der Waals surface area contributed by atoms with Crippen LogP contribution in [0.25, 0.3) is 0 Å². The minimum Gasteiger partial charge on any atom is -0.491 e. The van der Waals surface area contributed by atoms with E-state index in [4.69, 9.17) is 9.47 Å². The summed E-state index contributed by atoms with van der Waals surface area (Å²) in [4.78, 5) is 12.6. The molecule has 0 saturated heterocycles. The molecule has 2 atom stereocenters. The number of hydrogen-bond donors (Lipinski definition) is 1. The number of hydrogen-bond acceptors (Lipinski definition) is 4. The normalized spacial score (nSPS) is 14.6. The van der Waals surface area contributed by atoms with Gasteiger partial charge < -0.3 is 14.8 Å². The van der Waals surface area contributed by atoms with Crippen molar-refractivity contribution in [3.05, 3.63) is 23.8 Å². The first kappa shape index (κ1) is 20.0. The predicted octanol–water partition coefficient (Wildman–Crippen LogP) is 4.13. The Labute approximate surface area is 145 Å². The summed E-state index contributed by atoms with van der Waals surface area (Å²) in [5.74, 6) is 0.670. The van der Waals surface area contributed by atoms with Gasteiger partial charge >= 0.3 is 0 Å². The van der Waals surface area contributed by atoms with Crippen LogP contribution in [0.4, 0.5) is 5.69 Å². The van der Waals surface area contributed by atoms with Gasteiger partial charge in [0.2, 0.25) is 0 Å². The molecule has 0 saturated carbocycles. The van der Waals surface area contributed by atoms with E-state index in [9.17, 15) is 10.1 Å². The van der Waals surface area contributed by atoms with E-state index < -0.39 is 5.60 Å². The Morgan fingerprint density at radius 2 is 2.04 bits per heavy atom. The zero-order valence-corrected chi connectivity index (χ0v) is 15.5. The van der Waals surface area contributed by atoms with Crippen molar-refractivity contribution >= 4 is 11.6 Å². The van der Waals surface area contributed by atoms with Crippen LogP contribution in [0.3, 0.4) is 0 Å². The highest BCUT2D eigenvalue weighted by Crippen LogP contribution is 2.26. The third-order valence-electron chi connectivity index (χ3n) is 4.00. The fraction of sp³-hybridized carbons (Fsp3) is 0.579. The van der Waals surface area contributed by atoms with Gasteiger partial charge in [0.15, 0.2) is 0 Å². The Bertz CT molecular complexity index is 607. The fourth-order valence-corrected chi connectivity index (χ4v) is 2.42. The lowest BCUT2D eigenvalue weighted by molar-refractivity contribution is -0.137. The summed E-state index contributed by atoms with van der Waals surface area (Å²) < 4.78 is 11.1. The first-order valence-corrected chi connectivity index (χ1v) is 8.33. The number of anilines is 1. The number of nitrogens with one attached hydrogen (secondary N) is 1. The van der Waals surface area contributed by atoms with Gasteiger partial charge in [-0.15, -0.1) is 0 Å². The molecule has 0 fully saturated rings. The van der Waals surface area contributed by atoms with Crippen LogP contribution in [0.15, 0.2) is 18.2 Å². The molecule has 5 heteroatoms. The van der Waals surface area contributed by atoms with Crippen molar-refractivity contribution in [2.75, 3.05) is 12.4 Å². The van der Waals surface area contributed by atoms with Gasteiger partial charge in [-0.3, -0.25) is 4.79 Å². The summed E-state index contributed by atoms with van der Waals surface area (Å²) in [6.07, 6.45) is 1.54. The lowest BCUT2D eigenvalue weighted by Crippen LogP contribution is -2.43. The van der Waals surface area contributed by atoms with Crippen LogP contribution >= 0.6 is 0 Å². The predicted molar refractivity (Wildman–Crippen MR) is 95.0 cm³/mol. The number of rotatable bonds is 8. The quantitative estimate of drug-likeness (QED) is 0.777. The van der Waals surface area contributed by atoms with Crippen molar-refractivity contribution in [1.29, 1.82) is 5.26 Å². The van der Waals surface area contributed by atoms with E-state index in [1.54, 1.807) is 25.1 Å². The molecule has 1 N–H and O–H groups in total. The Kier molecular flexibility index (Phi) is 7.24. The van der Waals surface area contributed by atoms with Crippen molar-refractivity contribution < 1.29 is 14.3 Å². The van der Waals surface area contributed by atoms with Crippen LogP contribution in [0, 0.1) is 17.2 Å². The highest BCUT2D eigenvalue weighted by molar-refractivity contribution is 5.98. The summed E-state index contributed by atoms with van der Waals surface area (Å²) in [6, 6.07) is 7.21. The van der Waals surface area contributed by atoms with E-state index in [0.717, 1.165) is 6.42 Å². The number of ether oxygens (including phenoxy) is 2. The number of methoxy groups -OCH3 is 1. The van der Waals surface area contributed by atoms with E-state index >= 15 is 0 Å². The second-order valence-electron chi connectivity index (χ2n) is 6.64. The Balaban J connectivity index is 2.98. The molecule has 1 aromatic rings. The average Bonchev–Trinajstić information content (AvgIpc) is 2.55. The zero-order valence-electron chi connectivity index (χ0n) is 15.5. The smallest absolute Gasteiger partial charge is 0.256 e. The molecule has 0 unspecified atom stereocenters. The number of amides is 1. The van der Waals surface area contributed by atoms with Gasteiger partial charge in [-0.2, -0.15) is 5.26 Å². The lowest BCUT2D eigenvalue weighted by atomic mass is 9.93. The third kappa shape index (κ3) is 5.24. The maximum Gasteiger partial charge on any atom is 0.256 e. The van der Waals surface area contributed by atoms with E-state index in [-0.39, 0.29) is 12.0 Å². The second kappa shape index (κ2) is 8.70. The van der Waals surface area contributed by atoms with E-state index in [1.807, 2.05) is 27.7 Å². The molecule has 0 bridgehead atoms. The number of benzene rings is 1. The summed E-state index contributed by atoms with van der Waals surface area (Å²) in [7, 11) is 1.52. The van der Waals surface area contributed by atoms with Crippen LogP contribution < -0.4 is 10.1 Å². The molecule has 0 heterocycles. The highest BCUT2D eigenvalue weighted by atomic mass is 16.5. The van der Waals surface area contributed by atoms with Crippen molar-refractivity contribution in [1.82, 2.24) is 0 Å². The molecule has 0 aliphatic carbocycles. The molecular formula is C19H28N2O3. The Morgan fingerprint density at radius 3 is 2.54 bits per heavy atom. The summed E-state index contributed by atoms with van der Waals surface area (Å²) in [5, 5.41) is 12.2. The van der Waals surface area contributed by atoms with Crippen molar-refractivity contribution in [2.24, 2.45) is 5.92 Å². The molecule has 0 aromatic heterocycles. The largest absolute Gasteiger partial charge is 0.491 e. The standard InChI is InChI=1S/C19H28N2O3/c1-7-14(4)24-16-8-9-17(15(10-16)12-20)21-18(22)19(5,23-6)11-13(2)3/h8-10,13-14H,7,11H2,1-6H3,(H,21,22)/t14-,19-/m1/s1. The molecule has 5 nitrogen and oxygen atoms in total. The number of carbonyl (C=O) groups excluding carboxylic acids is 1. The van der Waals surface area contributed by atoms with Gasteiger partial charge in [-0.1, -0.05) is 20.8 Å². The summed E-state index contributed by atoms with van der Waals surface area (Å²) >= 11 is 0. The molecule has 1 aromatic carbocycles.